The summed E-state index contributed by atoms with van der Waals surface area (Å²) in [4.78, 5) is 95.4. The summed E-state index contributed by atoms with van der Waals surface area (Å²) in [5.74, 6) is -3.87. The van der Waals surface area contributed by atoms with Gasteiger partial charge in [-0.05, 0) is 124 Å². The third kappa shape index (κ3) is 13.6. The van der Waals surface area contributed by atoms with E-state index in [2.05, 4.69) is 17.2 Å². The van der Waals surface area contributed by atoms with Crippen LogP contribution in [-0.4, -0.2) is 98.2 Å². The minimum Gasteiger partial charge on any atom is -0.493 e. The maximum Gasteiger partial charge on any atom is 0.407 e. The fourth-order valence-corrected chi connectivity index (χ4v) is 8.62. The van der Waals surface area contributed by atoms with Gasteiger partial charge in [0.05, 0.1) is 26.1 Å². The Kier molecular flexibility index (Phi) is 17.4. The number of rotatable bonds is 20. The van der Waals surface area contributed by atoms with Crippen molar-refractivity contribution in [3.63, 3.8) is 0 Å². The minimum absolute atomic E-state index is 0.0158. The van der Waals surface area contributed by atoms with E-state index in [1.165, 1.54) is 33.0 Å². The fourth-order valence-electron chi connectivity index (χ4n) is 8.62. The molecule has 1 aliphatic carbocycles. The van der Waals surface area contributed by atoms with Crippen molar-refractivity contribution >= 4 is 47.3 Å². The van der Waals surface area contributed by atoms with Gasteiger partial charge in [0.15, 0.2) is 11.5 Å². The fraction of sp³-hybridized carbons (Fsp3) is 0.400. The summed E-state index contributed by atoms with van der Waals surface area (Å²) in [6, 6.07) is 25.3. The van der Waals surface area contributed by atoms with Crippen LogP contribution in [-0.2, 0) is 54.1 Å². The average Bonchev–Trinajstić information content (AvgIpc) is 3.68. The molecular weight excluding hydrogens is 911 g/mol. The first kappa shape index (κ1) is 52.9. The zero-order valence-corrected chi connectivity index (χ0v) is 41.4. The van der Waals surface area contributed by atoms with Gasteiger partial charge in [0, 0.05) is 24.2 Å². The van der Waals surface area contributed by atoms with E-state index in [1.54, 1.807) is 51.1 Å². The van der Waals surface area contributed by atoms with E-state index in [1.807, 2.05) is 60.7 Å². The molecule has 3 atom stereocenters. The van der Waals surface area contributed by atoms with Crippen LogP contribution in [0.5, 0.6) is 11.5 Å². The second kappa shape index (κ2) is 23.4. The van der Waals surface area contributed by atoms with Crippen LogP contribution < -0.4 is 20.1 Å². The number of fused-ring (bicyclic) bond motifs is 3. The van der Waals surface area contributed by atoms with Gasteiger partial charge in [-0.15, -0.1) is 0 Å². The van der Waals surface area contributed by atoms with Gasteiger partial charge in [0.2, 0.25) is 11.7 Å². The number of Topliss-reactive ketones (excluding diaryl/α,β-unsaturated/α-hetero) is 1. The summed E-state index contributed by atoms with van der Waals surface area (Å²) in [7, 11) is 3.05. The number of carbonyl (C=O) groups excluding carboxylic acids is 7. The molecule has 2 N–H and O–H groups in total. The topological polar surface area (TPSA) is 202 Å². The number of hydrogen-bond acceptors (Lipinski definition) is 13. The summed E-state index contributed by atoms with van der Waals surface area (Å²) >= 11 is 0. The number of nitrogens with zero attached hydrogens (tertiary/aromatic N) is 1. The third-order valence-electron chi connectivity index (χ3n) is 12.2. The Labute approximate surface area is 414 Å². The van der Waals surface area contributed by atoms with Crippen molar-refractivity contribution in [3.05, 3.63) is 126 Å². The summed E-state index contributed by atoms with van der Waals surface area (Å²) in [5.41, 5.74) is 3.41. The van der Waals surface area contributed by atoms with Gasteiger partial charge in [0.25, 0.3) is 5.91 Å². The first-order valence-electron chi connectivity index (χ1n) is 23.6. The minimum atomic E-state index is -1.43. The van der Waals surface area contributed by atoms with E-state index in [0.29, 0.717) is 42.0 Å². The molecule has 4 aromatic rings. The van der Waals surface area contributed by atoms with Crippen LogP contribution in [0.2, 0.25) is 0 Å². The molecule has 0 spiro atoms. The molecule has 2 unspecified atom stereocenters. The number of esters is 3. The average molecular weight is 974 g/mol. The van der Waals surface area contributed by atoms with Crippen LogP contribution >= 0.6 is 0 Å². The molecule has 1 saturated heterocycles. The Morgan fingerprint density at radius 2 is 1.48 bits per heavy atom. The number of piperidine rings is 1. The number of nitrogens with one attached hydrogen (secondary N) is 2. The number of likely N-dealkylation sites (tertiary alicyclic amines) is 1. The van der Waals surface area contributed by atoms with Crippen molar-refractivity contribution < 1.29 is 62.0 Å². The molecule has 1 fully saturated rings. The van der Waals surface area contributed by atoms with Crippen LogP contribution in [0.25, 0.3) is 11.1 Å². The molecule has 71 heavy (non-hydrogen) atoms. The highest BCUT2D eigenvalue weighted by atomic mass is 16.6. The SMILES string of the molecule is C=CC(=O)OCC(C)(C)C(=O)C(=O)N1CCCCC1C(=O)O[C@H](CCc1ccc(OC)c(OC)c1)c1cccc(NC(=O)CC(NC(=O)OCC2c3ccccc3-c3ccccc32)C(=O)OC(C)(C)C)c1. The van der Waals surface area contributed by atoms with Crippen LogP contribution in [0, 0.1) is 5.41 Å². The highest BCUT2D eigenvalue weighted by Crippen LogP contribution is 2.44. The summed E-state index contributed by atoms with van der Waals surface area (Å²) in [6.45, 7) is 11.1. The van der Waals surface area contributed by atoms with Crippen molar-refractivity contribution in [1.82, 2.24) is 10.2 Å². The molecule has 0 bridgehead atoms. The number of methoxy groups -OCH3 is 2. The zero-order chi connectivity index (χ0) is 51.5. The molecule has 1 heterocycles. The van der Waals surface area contributed by atoms with E-state index >= 15 is 0 Å². The predicted molar refractivity (Wildman–Crippen MR) is 264 cm³/mol. The molecule has 0 radical (unpaired) electrons. The highest BCUT2D eigenvalue weighted by molar-refractivity contribution is 6.38. The molecule has 3 amide bonds. The third-order valence-corrected chi connectivity index (χ3v) is 12.2. The molecule has 1 aliphatic heterocycles. The lowest BCUT2D eigenvalue weighted by atomic mass is 9.87. The molecule has 16 nitrogen and oxygen atoms in total. The molecule has 4 aromatic carbocycles. The van der Waals surface area contributed by atoms with Gasteiger partial charge in [-0.1, -0.05) is 73.3 Å². The maximum atomic E-state index is 14.3. The van der Waals surface area contributed by atoms with Gasteiger partial charge >= 0.3 is 24.0 Å². The number of hydrogen-bond donors (Lipinski definition) is 2. The molecule has 2 aliphatic rings. The predicted octanol–water partition coefficient (Wildman–Crippen LogP) is 8.20. The van der Waals surface area contributed by atoms with Gasteiger partial charge in [0.1, 0.15) is 37.0 Å². The van der Waals surface area contributed by atoms with Crippen molar-refractivity contribution in [2.75, 3.05) is 39.3 Å². The Balaban J connectivity index is 1.19. The number of carbonyl (C=O) groups is 7. The number of amides is 3. The smallest absolute Gasteiger partial charge is 0.407 e. The van der Waals surface area contributed by atoms with Crippen LogP contribution in [0.15, 0.2) is 104 Å². The summed E-state index contributed by atoms with van der Waals surface area (Å²) in [6.07, 6.45) is 0.623. The van der Waals surface area contributed by atoms with E-state index in [0.717, 1.165) is 33.9 Å². The Hall–Kier alpha value is -7.49. The Bertz CT molecular complexity index is 2590. The molecule has 376 valence electrons. The normalized spacial score (nSPS) is 15.1. The number of alkyl carbamates (subject to hydrolysis) is 1. The van der Waals surface area contributed by atoms with E-state index in [4.69, 9.17) is 28.4 Å². The van der Waals surface area contributed by atoms with Crippen LogP contribution in [0.1, 0.15) is 101 Å². The zero-order valence-electron chi connectivity index (χ0n) is 41.4. The van der Waals surface area contributed by atoms with Crippen LogP contribution in [0.3, 0.4) is 0 Å². The summed E-state index contributed by atoms with van der Waals surface area (Å²) < 4.78 is 33.6. The number of benzene rings is 4. The van der Waals surface area contributed by atoms with Crippen molar-refractivity contribution in [2.24, 2.45) is 5.41 Å². The number of aryl methyl sites for hydroxylation is 1. The monoisotopic (exact) mass is 973 g/mol. The lowest BCUT2D eigenvalue weighted by Crippen LogP contribution is -2.53. The van der Waals surface area contributed by atoms with E-state index < -0.39 is 77.2 Å². The lowest BCUT2D eigenvalue weighted by Gasteiger charge is -2.36. The van der Waals surface area contributed by atoms with Gasteiger partial charge in [-0.25, -0.2) is 19.2 Å². The molecule has 16 heteroatoms. The number of anilines is 1. The van der Waals surface area contributed by atoms with Crippen LogP contribution in [0.4, 0.5) is 10.5 Å². The maximum absolute atomic E-state index is 14.3. The van der Waals surface area contributed by atoms with Gasteiger partial charge < -0.3 is 44.0 Å². The second-order valence-corrected chi connectivity index (χ2v) is 19.1. The van der Waals surface area contributed by atoms with E-state index in [-0.39, 0.29) is 38.5 Å². The standard InChI is InChI=1S/C55H63N3O13/c1-9-48(60)69-33-55(5,6)49(61)50(62)58-28-15-14-23-43(58)52(64)70-44(26-24-34-25-27-45(66-7)46(29-34)67-8)35-17-16-18-36(30-35)56-47(59)31-42(51(63)71-54(2,3)4)57-53(65)68-32-41-39-21-12-10-19-37(39)38-20-11-13-22-40(38)41/h9-13,16-22,25,27,29-30,41-44H,1,14-15,23-24,26,28,31-33H2,2-8H3,(H,56,59)(H,57,65)/t42?,43?,44-/m1/s1. The van der Waals surface area contributed by atoms with Gasteiger partial charge in [-0.2, -0.15) is 0 Å². The van der Waals surface area contributed by atoms with Gasteiger partial charge in [-0.3, -0.25) is 14.4 Å². The molecule has 6 rings (SSSR count). The van der Waals surface area contributed by atoms with Crippen molar-refractivity contribution in [1.29, 1.82) is 0 Å². The quantitative estimate of drug-likeness (QED) is 0.0372. The highest BCUT2D eigenvalue weighted by Gasteiger charge is 2.43. The molecule has 0 aromatic heterocycles. The first-order valence-corrected chi connectivity index (χ1v) is 23.6. The van der Waals surface area contributed by atoms with Crippen molar-refractivity contribution in [3.8, 4) is 22.6 Å². The Morgan fingerprint density at radius 3 is 2.13 bits per heavy atom. The molecular formula is C55H63N3O13. The summed E-state index contributed by atoms with van der Waals surface area (Å²) in [5, 5.41) is 5.36. The van der Waals surface area contributed by atoms with Crippen molar-refractivity contribution in [2.45, 2.75) is 103 Å². The molecule has 0 saturated carbocycles. The number of ether oxygens (including phenoxy) is 6. The lowest BCUT2D eigenvalue weighted by molar-refractivity contribution is -0.165. The number of ketones is 1. The second-order valence-electron chi connectivity index (χ2n) is 19.1. The first-order chi connectivity index (χ1) is 33.8. The Morgan fingerprint density at radius 1 is 0.803 bits per heavy atom. The van der Waals surface area contributed by atoms with E-state index in [9.17, 15) is 33.6 Å². The largest absolute Gasteiger partial charge is 0.493 e.